The van der Waals surface area contributed by atoms with Crippen LogP contribution in [0.3, 0.4) is 0 Å². The Morgan fingerprint density at radius 2 is 2.07 bits per heavy atom. The van der Waals surface area contributed by atoms with Crippen LogP contribution in [0.15, 0.2) is 35.0 Å². The Bertz CT molecular complexity index is 393. The highest BCUT2D eigenvalue weighted by atomic mass is 16.5. The lowest BCUT2D eigenvalue weighted by Crippen LogP contribution is -2.02. The molecule has 0 aliphatic carbocycles. The first-order chi connectivity index (χ1) is 7.17. The average molecular weight is 205 g/mol. The Kier molecular flexibility index (Phi) is 3.62. The Balaban J connectivity index is 2.98. The van der Waals surface area contributed by atoms with Crippen LogP contribution in [0.1, 0.15) is 5.56 Å². The number of hydrogen-bond acceptors (Lipinski definition) is 4. The molecule has 1 aromatic carbocycles. The number of methoxy groups -OCH3 is 1. The number of aliphatic imine (C=N–C) groups is 1. The van der Waals surface area contributed by atoms with Crippen molar-refractivity contribution in [3.8, 4) is 5.75 Å². The van der Waals surface area contributed by atoms with E-state index in [1.807, 2.05) is 0 Å². The van der Waals surface area contributed by atoms with Gasteiger partial charge in [-0.1, -0.05) is 12.1 Å². The summed E-state index contributed by atoms with van der Waals surface area (Å²) in [5, 5.41) is 9.06. The van der Waals surface area contributed by atoms with Crippen LogP contribution in [0.4, 0.5) is 0 Å². The number of aromatic hydroxyl groups is 1. The number of carbonyl (C=O) groups is 1. The summed E-state index contributed by atoms with van der Waals surface area (Å²) in [6.07, 6.45) is 1.53. The number of phenols is 1. The van der Waals surface area contributed by atoms with E-state index in [0.717, 1.165) is 5.56 Å². The molecule has 0 heterocycles. The third-order valence-corrected chi connectivity index (χ3v) is 1.76. The molecule has 0 atom stereocenters. The van der Waals surface area contributed by atoms with Gasteiger partial charge >= 0.3 is 5.97 Å². The van der Waals surface area contributed by atoms with E-state index >= 15 is 0 Å². The summed E-state index contributed by atoms with van der Waals surface area (Å²) < 4.78 is 4.51. The average Bonchev–Trinajstić information content (AvgIpc) is 2.27. The Morgan fingerprint density at radius 1 is 1.47 bits per heavy atom. The predicted molar refractivity (Wildman–Crippen MR) is 57.6 cm³/mol. The quantitative estimate of drug-likeness (QED) is 0.463. The van der Waals surface area contributed by atoms with E-state index in [4.69, 9.17) is 5.11 Å². The highest BCUT2D eigenvalue weighted by Crippen LogP contribution is 2.13. The van der Waals surface area contributed by atoms with E-state index in [-0.39, 0.29) is 11.4 Å². The van der Waals surface area contributed by atoms with Crippen LogP contribution >= 0.6 is 0 Å². The van der Waals surface area contributed by atoms with Crippen LogP contribution < -0.4 is 0 Å². The number of rotatable bonds is 3. The van der Waals surface area contributed by atoms with Gasteiger partial charge in [0.1, 0.15) is 11.4 Å². The topological polar surface area (TPSA) is 58.9 Å². The maximum absolute atomic E-state index is 11.1. The van der Waals surface area contributed by atoms with Crippen molar-refractivity contribution in [2.75, 3.05) is 7.11 Å². The van der Waals surface area contributed by atoms with Gasteiger partial charge in [0.05, 0.1) is 7.11 Å². The third kappa shape index (κ3) is 2.95. The van der Waals surface area contributed by atoms with Gasteiger partial charge in [0.25, 0.3) is 0 Å². The standard InChI is InChI=1S/C11H11NO3/c1-12-10(11(14)15-2)7-8-3-5-9(13)6-4-8/h3-7,13H,1H2,2H3/b10-7-. The maximum Gasteiger partial charge on any atom is 0.356 e. The first-order valence-corrected chi connectivity index (χ1v) is 4.23. The molecule has 1 rings (SSSR count). The van der Waals surface area contributed by atoms with Crippen LogP contribution in [0, 0.1) is 0 Å². The minimum absolute atomic E-state index is 0.128. The highest BCUT2D eigenvalue weighted by Gasteiger charge is 2.06. The lowest BCUT2D eigenvalue weighted by atomic mass is 10.2. The normalized spacial score (nSPS) is 10.9. The molecule has 0 aliphatic heterocycles. The van der Waals surface area contributed by atoms with Gasteiger partial charge in [-0.25, -0.2) is 4.79 Å². The third-order valence-electron chi connectivity index (χ3n) is 1.76. The highest BCUT2D eigenvalue weighted by molar-refractivity contribution is 5.93. The second kappa shape index (κ2) is 4.95. The monoisotopic (exact) mass is 205 g/mol. The second-order valence-electron chi connectivity index (χ2n) is 2.77. The van der Waals surface area contributed by atoms with Crippen LogP contribution in [0.25, 0.3) is 6.08 Å². The smallest absolute Gasteiger partial charge is 0.356 e. The molecule has 4 nitrogen and oxygen atoms in total. The van der Waals surface area contributed by atoms with Crippen molar-refractivity contribution in [1.29, 1.82) is 0 Å². The van der Waals surface area contributed by atoms with Crippen molar-refractivity contribution in [3.63, 3.8) is 0 Å². The molecule has 0 saturated heterocycles. The minimum Gasteiger partial charge on any atom is -0.508 e. The molecule has 0 bridgehead atoms. The molecule has 0 fully saturated rings. The maximum atomic E-state index is 11.1. The Morgan fingerprint density at radius 3 is 2.53 bits per heavy atom. The first kappa shape index (κ1) is 11.0. The lowest BCUT2D eigenvalue weighted by Gasteiger charge is -1.99. The number of ether oxygens (including phenoxy) is 1. The van der Waals surface area contributed by atoms with Gasteiger partial charge in [0.2, 0.25) is 0 Å². The van der Waals surface area contributed by atoms with Crippen molar-refractivity contribution in [1.82, 2.24) is 0 Å². The van der Waals surface area contributed by atoms with Crippen molar-refractivity contribution in [2.24, 2.45) is 4.99 Å². The van der Waals surface area contributed by atoms with Gasteiger partial charge in [-0.05, 0) is 30.5 Å². The van der Waals surface area contributed by atoms with Gasteiger partial charge in [-0.15, -0.1) is 0 Å². The first-order valence-electron chi connectivity index (χ1n) is 4.23. The molecule has 0 amide bonds. The van der Waals surface area contributed by atoms with E-state index in [2.05, 4.69) is 16.4 Å². The van der Waals surface area contributed by atoms with E-state index < -0.39 is 5.97 Å². The zero-order chi connectivity index (χ0) is 11.3. The fraction of sp³-hybridized carbons (Fsp3) is 0.0909. The van der Waals surface area contributed by atoms with Gasteiger partial charge in [0, 0.05) is 0 Å². The molecular formula is C11H11NO3. The summed E-state index contributed by atoms with van der Waals surface area (Å²) in [7, 11) is 1.28. The molecule has 0 saturated carbocycles. The summed E-state index contributed by atoms with van der Waals surface area (Å²) in [5.41, 5.74) is 0.865. The zero-order valence-corrected chi connectivity index (χ0v) is 8.30. The summed E-state index contributed by atoms with van der Waals surface area (Å²) >= 11 is 0. The molecule has 0 aliphatic rings. The molecule has 1 N–H and O–H groups in total. The number of benzene rings is 1. The number of nitrogens with zero attached hydrogens (tertiary/aromatic N) is 1. The van der Waals surface area contributed by atoms with Crippen LogP contribution in [-0.4, -0.2) is 24.9 Å². The second-order valence-corrected chi connectivity index (χ2v) is 2.77. The van der Waals surface area contributed by atoms with Gasteiger partial charge in [-0.3, -0.25) is 4.99 Å². The molecule has 0 radical (unpaired) electrons. The summed E-state index contributed by atoms with van der Waals surface area (Å²) in [4.78, 5) is 14.7. The molecule has 0 aromatic heterocycles. The minimum atomic E-state index is -0.543. The molecular weight excluding hydrogens is 194 g/mol. The zero-order valence-electron chi connectivity index (χ0n) is 8.30. The molecule has 4 heteroatoms. The molecule has 15 heavy (non-hydrogen) atoms. The summed E-state index contributed by atoms with van der Waals surface area (Å²) in [5.74, 6) is -0.378. The van der Waals surface area contributed by atoms with Crippen molar-refractivity contribution in [3.05, 3.63) is 35.5 Å². The van der Waals surface area contributed by atoms with Crippen molar-refractivity contribution < 1.29 is 14.6 Å². The van der Waals surface area contributed by atoms with E-state index in [0.29, 0.717) is 0 Å². The largest absolute Gasteiger partial charge is 0.508 e. The van der Waals surface area contributed by atoms with Crippen LogP contribution in [0.5, 0.6) is 5.75 Å². The fourth-order valence-corrected chi connectivity index (χ4v) is 1.00. The Labute approximate surface area is 87.5 Å². The molecule has 1 aromatic rings. The fourth-order valence-electron chi connectivity index (χ4n) is 1.00. The number of carbonyl (C=O) groups excluding carboxylic acids is 1. The van der Waals surface area contributed by atoms with E-state index in [1.54, 1.807) is 12.1 Å². The van der Waals surface area contributed by atoms with Crippen molar-refractivity contribution in [2.45, 2.75) is 0 Å². The van der Waals surface area contributed by atoms with Crippen LogP contribution in [0.2, 0.25) is 0 Å². The van der Waals surface area contributed by atoms with Gasteiger partial charge in [0.15, 0.2) is 0 Å². The molecule has 0 spiro atoms. The Hall–Kier alpha value is -2.10. The number of phenolic OH excluding ortho intramolecular Hbond substituents is 1. The molecule has 0 unspecified atom stereocenters. The van der Waals surface area contributed by atoms with Gasteiger partial charge in [-0.2, -0.15) is 0 Å². The summed E-state index contributed by atoms with van der Waals surface area (Å²) in [6.45, 7) is 3.28. The van der Waals surface area contributed by atoms with Crippen LogP contribution in [-0.2, 0) is 9.53 Å². The van der Waals surface area contributed by atoms with E-state index in [9.17, 15) is 4.79 Å². The van der Waals surface area contributed by atoms with Crippen molar-refractivity contribution >= 4 is 18.8 Å². The predicted octanol–water partition coefficient (Wildman–Crippen LogP) is 1.61. The number of esters is 1. The summed E-state index contributed by atoms with van der Waals surface area (Å²) in [6, 6.07) is 6.35. The number of hydrogen-bond donors (Lipinski definition) is 1. The lowest BCUT2D eigenvalue weighted by molar-refractivity contribution is -0.136. The van der Waals surface area contributed by atoms with Gasteiger partial charge < -0.3 is 9.84 Å². The SMILES string of the molecule is C=N/C(=C\c1ccc(O)cc1)C(=O)OC. The van der Waals surface area contributed by atoms with E-state index in [1.165, 1.54) is 25.3 Å². The molecule has 78 valence electrons.